The minimum absolute atomic E-state index is 0.220. The highest BCUT2D eigenvalue weighted by Gasteiger charge is 2.22. The molecule has 0 aliphatic heterocycles. The van der Waals surface area contributed by atoms with E-state index in [1.807, 2.05) is 34.9 Å². The van der Waals surface area contributed by atoms with Crippen LogP contribution in [0.3, 0.4) is 0 Å². The van der Waals surface area contributed by atoms with Crippen molar-refractivity contribution >= 4 is 13.4 Å². The van der Waals surface area contributed by atoms with Crippen molar-refractivity contribution in [2.45, 2.75) is 19.6 Å². The maximum Gasteiger partial charge on any atom is 0.223 e. The predicted octanol–water partition coefficient (Wildman–Crippen LogP) is 3.76. The summed E-state index contributed by atoms with van der Waals surface area (Å²) in [6.45, 7) is 6.57. The zero-order valence-corrected chi connectivity index (χ0v) is 15.2. The fourth-order valence-corrected chi connectivity index (χ4v) is 4.26. The lowest BCUT2D eigenvalue weighted by molar-refractivity contribution is 0.466. The molecule has 0 atom stereocenters. The summed E-state index contributed by atoms with van der Waals surface area (Å²) in [6, 6.07) is 19.9. The maximum absolute atomic E-state index is 11.9. The number of aromatic hydroxyl groups is 1. The Balaban J connectivity index is 2.20. The normalized spacial score (nSPS) is 11.5. The lowest BCUT2D eigenvalue weighted by atomic mass is 10.1. The lowest BCUT2D eigenvalue weighted by Gasteiger charge is -2.23. The fraction of sp³-hybridized carbons (Fsp3) is 0.150. The number of rotatable bonds is 3. The zero-order valence-electron chi connectivity index (χ0n) is 14.2. The van der Waals surface area contributed by atoms with E-state index in [9.17, 15) is 9.90 Å². The Morgan fingerprint density at radius 1 is 0.875 bits per heavy atom. The van der Waals surface area contributed by atoms with Gasteiger partial charge in [-0.2, -0.15) is 0 Å². The van der Waals surface area contributed by atoms with Crippen LogP contribution in [0.5, 0.6) is 5.75 Å². The summed E-state index contributed by atoms with van der Waals surface area (Å²) in [6.07, 6.45) is 1.54. The van der Waals surface area contributed by atoms with Crippen molar-refractivity contribution in [1.29, 1.82) is 0 Å². The van der Waals surface area contributed by atoms with Crippen LogP contribution in [0.15, 0.2) is 71.7 Å². The van der Waals surface area contributed by atoms with Crippen LogP contribution in [0.4, 0.5) is 0 Å². The second-order valence-corrected chi connectivity index (χ2v) is 12.0. The molecule has 4 heteroatoms. The molecule has 2 aromatic carbocycles. The van der Waals surface area contributed by atoms with Crippen molar-refractivity contribution in [1.82, 2.24) is 4.57 Å². The van der Waals surface area contributed by atoms with E-state index in [4.69, 9.17) is 0 Å². The summed E-state index contributed by atoms with van der Waals surface area (Å²) in [7, 11) is -1.76. The zero-order chi connectivity index (χ0) is 17.3. The van der Waals surface area contributed by atoms with Crippen LogP contribution < -0.4 is 10.7 Å². The standard InChI is InChI=1S/C20H21NO2Si/c1-24(2,3)20-13-18(22)19(23)14-21(20)17-11-7-10-16(12-17)15-8-5-4-6-9-15/h4-14,23H,1-3H3. The van der Waals surface area contributed by atoms with Crippen molar-refractivity contribution in [2.75, 3.05) is 0 Å². The van der Waals surface area contributed by atoms with E-state index in [-0.39, 0.29) is 11.2 Å². The summed E-state index contributed by atoms with van der Waals surface area (Å²) in [5.41, 5.74) is 2.87. The molecule has 3 aromatic rings. The molecule has 0 radical (unpaired) electrons. The van der Waals surface area contributed by atoms with Gasteiger partial charge in [0, 0.05) is 17.1 Å². The molecule has 0 saturated carbocycles. The summed E-state index contributed by atoms with van der Waals surface area (Å²) in [5, 5.41) is 10.9. The average molecular weight is 335 g/mol. The quantitative estimate of drug-likeness (QED) is 0.741. The van der Waals surface area contributed by atoms with Crippen LogP contribution in [-0.4, -0.2) is 17.7 Å². The van der Waals surface area contributed by atoms with Crippen molar-refractivity contribution in [3.05, 3.63) is 77.1 Å². The summed E-state index contributed by atoms with van der Waals surface area (Å²) in [4.78, 5) is 11.9. The first kappa shape index (κ1) is 16.3. The van der Waals surface area contributed by atoms with Gasteiger partial charge in [0.05, 0.1) is 14.3 Å². The Kier molecular flexibility index (Phi) is 4.16. The molecule has 1 heterocycles. The third-order valence-corrected chi connectivity index (χ3v) is 5.95. The van der Waals surface area contributed by atoms with Crippen LogP contribution in [0, 0.1) is 0 Å². The number of nitrogens with zero attached hydrogens (tertiary/aromatic N) is 1. The van der Waals surface area contributed by atoms with Gasteiger partial charge in [-0.05, 0) is 23.3 Å². The van der Waals surface area contributed by atoms with Gasteiger partial charge < -0.3 is 9.67 Å². The summed E-state index contributed by atoms with van der Waals surface area (Å²) < 4.78 is 1.95. The predicted molar refractivity (Wildman–Crippen MR) is 102 cm³/mol. The molecule has 1 N–H and O–H groups in total. The number of benzene rings is 2. The lowest BCUT2D eigenvalue weighted by Crippen LogP contribution is -2.45. The second kappa shape index (κ2) is 6.13. The first-order chi connectivity index (χ1) is 11.4. The Morgan fingerprint density at radius 2 is 1.54 bits per heavy atom. The Bertz CT molecular complexity index is 924. The smallest absolute Gasteiger partial charge is 0.223 e. The molecule has 0 spiro atoms. The number of hydrogen-bond donors (Lipinski definition) is 1. The van der Waals surface area contributed by atoms with Gasteiger partial charge in [0.2, 0.25) is 5.43 Å². The molecule has 1 aromatic heterocycles. The van der Waals surface area contributed by atoms with Crippen LogP contribution in [0.25, 0.3) is 16.8 Å². The van der Waals surface area contributed by atoms with E-state index in [2.05, 4.69) is 43.9 Å². The third-order valence-electron chi connectivity index (χ3n) is 4.03. The fourth-order valence-electron chi connectivity index (χ4n) is 2.78. The van der Waals surface area contributed by atoms with E-state index in [0.29, 0.717) is 0 Å². The highest BCUT2D eigenvalue weighted by Crippen LogP contribution is 2.22. The average Bonchev–Trinajstić information content (AvgIpc) is 2.57. The molecule has 3 nitrogen and oxygen atoms in total. The molecule has 0 bridgehead atoms. The number of pyridine rings is 1. The molecule has 0 fully saturated rings. The van der Waals surface area contributed by atoms with Crippen LogP contribution in [-0.2, 0) is 0 Å². The van der Waals surface area contributed by atoms with E-state index >= 15 is 0 Å². The van der Waals surface area contributed by atoms with Gasteiger partial charge in [-0.15, -0.1) is 0 Å². The van der Waals surface area contributed by atoms with Crippen LogP contribution in [0.2, 0.25) is 19.6 Å². The molecule has 0 aliphatic carbocycles. The van der Waals surface area contributed by atoms with E-state index in [1.54, 1.807) is 12.3 Å². The Labute approximate surface area is 142 Å². The molecule has 3 rings (SSSR count). The largest absolute Gasteiger partial charge is 0.503 e. The van der Waals surface area contributed by atoms with E-state index in [1.165, 1.54) is 0 Å². The second-order valence-electron chi connectivity index (χ2n) is 6.94. The Morgan fingerprint density at radius 3 is 2.21 bits per heavy atom. The van der Waals surface area contributed by atoms with Gasteiger partial charge in [-0.3, -0.25) is 4.79 Å². The molecule has 0 aliphatic rings. The monoisotopic (exact) mass is 335 g/mol. The van der Waals surface area contributed by atoms with E-state index in [0.717, 1.165) is 22.1 Å². The SMILES string of the molecule is C[Si](C)(C)c1cc(=O)c(O)cn1-c1cccc(-c2ccccc2)c1. The third kappa shape index (κ3) is 3.19. The van der Waals surface area contributed by atoms with Gasteiger partial charge in [0.15, 0.2) is 5.75 Å². The summed E-state index contributed by atoms with van der Waals surface area (Å²) >= 11 is 0. The molecule has 0 amide bonds. The van der Waals surface area contributed by atoms with Crippen molar-refractivity contribution in [3.8, 4) is 22.6 Å². The molecule has 0 unspecified atom stereocenters. The van der Waals surface area contributed by atoms with Crippen molar-refractivity contribution in [3.63, 3.8) is 0 Å². The van der Waals surface area contributed by atoms with Crippen molar-refractivity contribution < 1.29 is 5.11 Å². The topological polar surface area (TPSA) is 42.2 Å². The minimum Gasteiger partial charge on any atom is -0.503 e. The van der Waals surface area contributed by atoms with Gasteiger partial charge in [0.1, 0.15) is 0 Å². The molecule has 0 saturated heterocycles. The van der Waals surface area contributed by atoms with Gasteiger partial charge >= 0.3 is 0 Å². The number of aromatic nitrogens is 1. The van der Waals surface area contributed by atoms with E-state index < -0.39 is 8.07 Å². The highest BCUT2D eigenvalue weighted by molar-refractivity contribution is 6.88. The molecule has 24 heavy (non-hydrogen) atoms. The highest BCUT2D eigenvalue weighted by atomic mass is 28.3. The van der Waals surface area contributed by atoms with Crippen LogP contribution in [0.1, 0.15) is 0 Å². The molecular formula is C20H21NO2Si. The van der Waals surface area contributed by atoms with Gasteiger partial charge in [-0.25, -0.2) is 0 Å². The first-order valence-electron chi connectivity index (χ1n) is 7.98. The maximum atomic E-state index is 11.9. The summed E-state index contributed by atoms with van der Waals surface area (Å²) in [5.74, 6) is -0.220. The van der Waals surface area contributed by atoms with Crippen molar-refractivity contribution in [2.24, 2.45) is 0 Å². The number of hydrogen-bond acceptors (Lipinski definition) is 2. The Hall–Kier alpha value is -2.59. The van der Waals surface area contributed by atoms with Gasteiger partial charge in [-0.1, -0.05) is 62.1 Å². The van der Waals surface area contributed by atoms with Crippen LogP contribution >= 0.6 is 0 Å². The molecule has 122 valence electrons. The first-order valence-corrected chi connectivity index (χ1v) is 11.5. The minimum atomic E-state index is -1.76. The van der Waals surface area contributed by atoms with Gasteiger partial charge in [0.25, 0.3) is 0 Å². The molecular weight excluding hydrogens is 314 g/mol.